The number of carbonyl (C=O) groups excluding carboxylic acids is 1. The molecular formula is C14H23N3O2. The predicted octanol–water partition coefficient (Wildman–Crippen LogP) is 2.61. The zero-order chi connectivity index (χ0) is 13.9. The highest BCUT2D eigenvalue weighted by Gasteiger charge is 2.24. The van der Waals surface area contributed by atoms with Crippen LogP contribution in [0.4, 0.5) is 5.95 Å². The molecule has 1 aliphatic heterocycles. The smallest absolute Gasteiger partial charge is 0.266 e. The number of hydrogen-bond acceptors (Lipinski definition) is 5. The molecule has 1 aromatic heterocycles. The standard InChI is InChI=1S/C14H23N3O2/c1-14(2,3)11(18)10-12-15-13(16-19-12)17-8-6-4-5-7-9-17/h4-10H2,1-3H3. The van der Waals surface area contributed by atoms with Crippen molar-refractivity contribution in [2.75, 3.05) is 18.0 Å². The van der Waals surface area contributed by atoms with E-state index in [-0.39, 0.29) is 17.6 Å². The van der Waals surface area contributed by atoms with Gasteiger partial charge in [-0.05, 0) is 18.0 Å². The Balaban J connectivity index is 2.00. The van der Waals surface area contributed by atoms with Crippen LogP contribution < -0.4 is 4.90 Å². The second-order valence-corrected chi connectivity index (χ2v) is 6.24. The third-order valence-electron chi connectivity index (χ3n) is 3.49. The molecule has 0 aromatic carbocycles. The minimum atomic E-state index is -0.364. The molecule has 5 nitrogen and oxygen atoms in total. The number of aromatic nitrogens is 2. The van der Waals surface area contributed by atoms with Crippen molar-refractivity contribution in [3.05, 3.63) is 5.89 Å². The summed E-state index contributed by atoms with van der Waals surface area (Å²) >= 11 is 0. The molecule has 0 unspecified atom stereocenters. The van der Waals surface area contributed by atoms with Crippen LogP contribution >= 0.6 is 0 Å². The number of nitrogens with zero attached hydrogens (tertiary/aromatic N) is 3. The average Bonchev–Trinajstić information content (AvgIpc) is 2.62. The van der Waals surface area contributed by atoms with Gasteiger partial charge in [0.2, 0.25) is 5.89 Å². The Labute approximate surface area is 114 Å². The maximum atomic E-state index is 11.9. The van der Waals surface area contributed by atoms with Crippen molar-refractivity contribution >= 4 is 11.7 Å². The molecule has 0 saturated carbocycles. The number of ketones is 1. The van der Waals surface area contributed by atoms with Crippen molar-refractivity contribution in [2.45, 2.75) is 52.9 Å². The van der Waals surface area contributed by atoms with Gasteiger partial charge in [0.05, 0.1) is 6.42 Å². The van der Waals surface area contributed by atoms with Crippen LogP contribution in [0.15, 0.2) is 4.52 Å². The fourth-order valence-electron chi connectivity index (χ4n) is 2.12. The largest absolute Gasteiger partial charge is 0.338 e. The van der Waals surface area contributed by atoms with Gasteiger partial charge in [-0.3, -0.25) is 4.79 Å². The summed E-state index contributed by atoms with van der Waals surface area (Å²) in [6.45, 7) is 7.67. The Hall–Kier alpha value is -1.39. The zero-order valence-electron chi connectivity index (χ0n) is 12.1. The van der Waals surface area contributed by atoms with Gasteiger partial charge < -0.3 is 9.42 Å². The lowest BCUT2D eigenvalue weighted by atomic mass is 9.89. The fraction of sp³-hybridized carbons (Fsp3) is 0.786. The van der Waals surface area contributed by atoms with Crippen LogP contribution in [0.5, 0.6) is 0 Å². The number of hydrogen-bond donors (Lipinski definition) is 0. The molecule has 0 amide bonds. The number of carbonyl (C=O) groups is 1. The molecule has 0 aliphatic carbocycles. The molecule has 5 heteroatoms. The molecule has 1 aliphatic rings. The van der Waals surface area contributed by atoms with Crippen molar-refractivity contribution in [3.8, 4) is 0 Å². The minimum Gasteiger partial charge on any atom is -0.338 e. The first-order valence-corrected chi connectivity index (χ1v) is 7.07. The topological polar surface area (TPSA) is 59.2 Å². The first kappa shape index (κ1) is 14.0. The highest BCUT2D eigenvalue weighted by Crippen LogP contribution is 2.20. The van der Waals surface area contributed by atoms with Crippen molar-refractivity contribution in [1.29, 1.82) is 0 Å². The van der Waals surface area contributed by atoms with Gasteiger partial charge in [-0.25, -0.2) is 0 Å². The second kappa shape index (κ2) is 5.72. The molecule has 19 heavy (non-hydrogen) atoms. The average molecular weight is 265 g/mol. The summed E-state index contributed by atoms with van der Waals surface area (Å²) < 4.78 is 5.20. The van der Waals surface area contributed by atoms with Gasteiger partial charge in [-0.15, -0.1) is 0 Å². The Morgan fingerprint density at radius 1 is 1.21 bits per heavy atom. The molecule has 0 N–H and O–H groups in total. The van der Waals surface area contributed by atoms with Gasteiger partial charge in [0.1, 0.15) is 5.78 Å². The lowest BCUT2D eigenvalue weighted by molar-refractivity contribution is -0.125. The normalized spacial score (nSPS) is 17.3. The molecule has 1 fully saturated rings. The summed E-state index contributed by atoms with van der Waals surface area (Å²) in [7, 11) is 0. The lowest BCUT2D eigenvalue weighted by Crippen LogP contribution is -2.25. The van der Waals surface area contributed by atoms with E-state index in [9.17, 15) is 4.79 Å². The first-order valence-electron chi connectivity index (χ1n) is 7.07. The molecule has 106 valence electrons. The van der Waals surface area contributed by atoms with Gasteiger partial charge >= 0.3 is 0 Å². The zero-order valence-corrected chi connectivity index (χ0v) is 12.1. The third-order valence-corrected chi connectivity index (χ3v) is 3.49. The number of Topliss-reactive ketones (excluding diaryl/α,β-unsaturated/α-hetero) is 1. The summed E-state index contributed by atoms with van der Waals surface area (Å²) in [5.74, 6) is 1.19. The van der Waals surface area contributed by atoms with Crippen LogP contribution in [0.2, 0.25) is 0 Å². The van der Waals surface area contributed by atoms with Crippen LogP contribution in [0.3, 0.4) is 0 Å². The van der Waals surface area contributed by atoms with Crippen molar-refractivity contribution < 1.29 is 9.32 Å². The highest BCUT2D eigenvalue weighted by atomic mass is 16.5. The summed E-state index contributed by atoms with van der Waals surface area (Å²) in [6.07, 6.45) is 5.10. The minimum absolute atomic E-state index is 0.124. The molecule has 2 heterocycles. The Kier molecular flexibility index (Phi) is 4.22. The van der Waals surface area contributed by atoms with E-state index in [0.29, 0.717) is 11.8 Å². The molecule has 0 bridgehead atoms. The highest BCUT2D eigenvalue weighted by molar-refractivity contribution is 5.84. The SMILES string of the molecule is CC(C)(C)C(=O)Cc1nc(N2CCCCCC2)no1. The van der Waals surface area contributed by atoms with E-state index in [1.807, 2.05) is 20.8 Å². The summed E-state index contributed by atoms with van der Waals surface area (Å²) in [6, 6.07) is 0. The first-order chi connectivity index (χ1) is 8.97. The Morgan fingerprint density at radius 3 is 2.42 bits per heavy atom. The molecular weight excluding hydrogens is 242 g/mol. The molecule has 0 atom stereocenters. The van der Waals surface area contributed by atoms with Crippen molar-refractivity contribution in [2.24, 2.45) is 5.41 Å². The number of rotatable bonds is 3. The van der Waals surface area contributed by atoms with Gasteiger partial charge in [0.25, 0.3) is 5.95 Å². The maximum absolute atomic E-state index is 11.9. The van der Waals surface area contributed by atoms with Gasteiger partial charge in [-0.2, -0.15) is 4.98 Å². The molecule has 0 spiro atoms. The summed E-state index contributed by atoms with van der Waals surface area (Å²) in [4.78, 5) is 18.4. The van der Waals surface area contributed by atoms with Crippen LogP contribution in [0.1, 0.15) is 52.3 Å². The monoisotopic (exact) mass is 265 g/mol. The van der Waals surface area contributed by atoms with Gasteiger partial charge in [0, 0.05) is 18.5 Å². The van der Waals surface area contributed by atoms with E-state index in [2.05, 4.69) is 15.0 Å². The van der Waals surface area contributed by atoms with Crippen molar-refractivity contribution in [3.63, 3.8) is 0 Å². The predicted molar refractivity (Wildman–Crippen MR) is 73.1 cm³/mol. The van der Waals surface area contributed by atoms with Crippen molar-refractivity contribution in [1.82, 2.24) is 10.1 Å². The molecule has 0 radical (unpaired) electrons. The molecule has 2 rings (SSSR count). The van der Waals surface area contributed by atoms with E-state index < -0.39 is 0 Å². The van der Waals surface area contributed by atoms with E-state index in [0.717, 1.165) is 13.1 Å². The second-order valence-electron chi connectivity index (χ2n) is 6.24. The quantitative estimate of drug-likeness (QED) is 0.840. The van der Waals surface area contributed by atoms with E-state index in [4.69, 9.17) is 4.52 Å². The molecule has 1 saturated heterocycles. The lowest BCUT2D eigenvalue weighted by Gasteiger charge is -2.16. The van der Waals surface area contributed by atoms with Crippen LogP contribution in [-0.2, 0) is 11.2 Å². The maximum Gasteiger partial charge on any atom is 0.266 e. The van der Waals surface area contributed by atoms with Gasteiger partial charge in [0.15, 0.2) is 0 Å². The summed E-state index contributed by atoms with van der Waals surface area (Å²) in [5, 5.41) is 4.00. The summed E-state index contributed by atoms with van der Waals surface area (Å²) in [5.41, 5.74) is -0.364. The van der Waals surface area contributed by atoms with E-state index >= 15 is 0 Å². The van der Waals surface area contributed by atoms with Gasteiger partial charge in [-0.1, -0.05) is 33.6 Å². The van der Waals surface area contributed by atoms with E-state index in [1.165, 1.54) is 25.7 Å². The Morgan fingerprint density at radius 2 is 1.84 bits per heavy atom. The van der Waals surface area contributed by atoms with Crippen LogP contribution in [0.25, 0.3) is 0 Å². The van der Waals surface area contributed by atoms with E-state index in [1.54, 1.807) is 0 Å². The number of anilines is 1. The molecule has 1 aromatic rings. The Bertz CT molecular complexity index is 426. The van der Waals surface area contributed by atoms with Crippen LogP contribution in [-0.4, -0.2) is 29.0 Å². The third kappa shape index (κ3) is 3.78. The van der Waals surface area contributed by atoms with Crippen LogP contribution in [0, 0.1) is 5.41 Å². The fourth-order valence-corrected chi connectivity index (χ4v) is 2.12.